The Morgan fingerprint density at radius 3 is 2.11 bits per heavy atom. The molecule has 0 unspecified atom stereocenters. The van der Waals surface area contributed by atoms with E-state index in [2.05, 4.69) is 80.7 Å². The van der Waals surface area contributed by atoms with Gasteiger partial charge in [0.2, 0.25) is 0 Å². The average molecular weight is 346 g/mol. The highest BCUT2D eigenvalue weighted by Crippen LogP contribution is 2.21. The summed E-state index contributed by atoms with van der Waals surface area (Å²) in [5, 5.41) is 0. The fourth-order valence-electron chi connectivity index (χ4n) is 1.91. The van der Waals surface area contributed by atoms with E-state index >= 15 is 0 Å². The molecule has 1 aromatic heterocycles. The maximum atomic E-state index is 4.13. The summed E-state index contributed by atoms with van der Waals surface area (Å²) in [6, 6.07) is 18.9. The van der Waals surface area contributed by atoms with E-state index in [0.29, 0.717) is 0 Å². The van der Waals surface area contributed by atoms with Crippen molar-refractivity contribution in [3.8, 4) is 16.8 Å². The quantitative estimate of drug-likeness (QED) is 0.638. The van der Waals surface area contributed by atoms with Crippen molar-refractivity contribution in [1.82, 2.24) is 9.55 Å². The number of hydrogen-bond donors (Lipinski definition) is 0. The lowest BCUT2D eigenvalue weighted by Gasteiger charge is -2.06. The van der Waals surface area contributed by atoms with Crippen molar-refractivity contribution < 1.29 is 0 Å². The smallest absolute Gasteiger partial charge is 0.104 e. The Bertz CT molecular complexity index is 642. The summed E-state index contributed by atoms with van der Waals surface area (Å²) in [6.45, 7) is 0. The predicted molar refractivity (Wildman–Crippen MR) is 81.7 cm³/mol. The summed E-state index contributed by atoms with van der Waals surface area (Å²) in [5.74, 6) is 0. The van der Waals surface area contributed by atoms with Crippen molar-refractivity contribution >= 4 is 22.6 Å². The highest BCUT2D eigenvalue weighted by Gasteiger charge is 2.02. The first-order valence-electron chi connectivity index (χ1n) is 5.68. The average Bonchev–Trinajstić information content (AvgIpc) is 2.86. The van der Waals surface area contributed by atoms with Crippen LogP contribution in [0.1, 0.15) is 0 Å². The van der Waals surface area contributed by atoms with Gasteiger partial charge in [0.25, 0.3) is 0 Å². The molecule has 1 heterocycles. The monoisotopic (exact) mass is 346 g/mol. The Balaban J connectivity index is 1.97. The highest BCUT2D eigenvalue weighted by atomic mass is 127. The molecule has 0 N–H and O–H groups in total. The Morgan fingerprint density at radius 2 is 1.50 bits per heavy atom. The van der Waals surface area contributed by atoms with E-state index in [-0.39, 0.29) is 0 Å². The van der Waals surface area contributed by atoms with Crippen LogP contribution in [0.4, 0.5) is 0 Å². The van der Waals surface area contributed by atoms with E-state index in [1.165, 1.54) is 11.1 Å². The second kappa shape index (κ2) is 4.94. The number of benzene rings is 2. The van der Waals surface area contributed by atoms with E-state index in [4.69, 9.17) is 0 Å². The second-order valence-corrected chi connectivity index (χ2v) is 5.10. The van der Waals surface area contributed by atoms with Crippen LogP contribution in [-0.4, -0.2) is 9.55 Å². The molecule has 3 heteroatoms. The molecule has 88 valence electrons. The largest absolute Gasteiger partial charge is 0.294 e. The van der Waals surface area contributed by atoms with E-state index in [1.54, 1.807) is 0 Å². The van der Waals surface area contributed by atoms with Gasteiger partial charge in [0.15, 0.2) is 0 Å². The number of halogens is 1. The van der Waals surface area contributed by atoms with Gasteiger partial charge in [0.05, 0.1) is 6.20 Å². The van der Waals surface area contributed by atoms with Crippen LogP contribution >= 0.6 is 22.6 Å². The minimum Gasteiger partial charge on any atom is -0.294 e. The molecule has 0 aliphatic carbocycles. The fraction of sp³-hybridized carbons (Fsp3) is 0. The summed E-state index contributed by atoms with van der Waals surface area (Å²) in [6.07, 6.45) is 3.69. The van der Waals surface area contributed by atoms with Crippen molar-refractivity contribution in [2.24, 2.45) is 0 Å². The third-order valence-corrected chi connectivity index (χ3v) is 3.64. The lowest BCUT2D eigenvalue weighted by atomic mass is 10.1. The number of rotatable bonds is 2. The molecule has 0 saturated carbocycles. The van der Waals surface area contributed by atoms with Gasteiger partial charge in [0, 0.05) is 5.69 Å². The standard InChI is InChI=1S/C15H11IN2/c16-15-10-17-11-18(15)14-8-6-13(7-9-14)12-4-2-1-3-5-12/h1-11H. The van der Waals surface area contributed by atoms with Crippen LogP contribution in [0.2, 0.25) is 0 Å². The molecule has 0 fully saturated rings. The maximum absolute atomic E-state index is 4.13. The number of imidazole rings is 1. The van der Waals surface area contributed by atoms with Gasteiger partial charge in [-0.05, 0) is 45.9 Å². The predicted octanol–water partition coefficient (Wildman–Crippen LogP) is 4.14. The lowest BCUT2D eigenvalue weighted by molar-refractivity contribution is 1.03. The van der Waals surface area contributed by atoms with Gasteiger partial charge >= 0.3 is 0 Å². The second-order valence-electron chi connectivity index (χ2n) is 4.00. The number of nitrogens with zero attached hydrogens (tertiary/aromatic N) is 2. The Labute approximate surface area is 119 Å². The highest BCUT2D eigenvalue weighted by molar-refractivity contribution is 14.1. The molecular formula is C15H11IN2. The van der Waals surface area contributed by atoms with Gasteiger partial charge in [-0.2, -0.15) is 0 Å². The molecule has 18 heavy (non-hydrogen) atoms. The third-order valence-electron chi connectivity index (χ3n) is 2.85. The van der Waals surface area contributed by atoms with Crippen molar-refractivity contribution in [1.29, 1.82) is 0 Å². The topological polar surface area (TPSA) is 17.8 Å². The first-order chi connectivity index (χ1) is 8.84. The number of hydrogen-bond acceptors (Lipinski definition) is 1. The summed E-state index contributed by atoms with van der Waals surface area (Å²) in [5.41, 5.74) is 3.61. The summed E-state index contributed by atoms with van der Waals surface area (Å²) < 4.78 is 3.18. The zero-order chi connectivity index (χ0) is 12.4. The van der Waals surface area contributed by atoms with Gasteiger partial charge in [0.1, 0.15) is 10.0 Å². The van der Waals surface area contributed by atoms with E-state index in [0.717, 1.165) is 9.39 Å². The maximum Gasteiger partial charge on any atom is 0.104 e. The van der Waals surface area contributed by atoms with Gasteiger partial charge < -0.3 is 0 Å². The molecule has 0 bridgehead atoms. The molecular weight excluding hydrogens is 335 g/mol. The van der Waals surface area contributed by atoms with Crippen LogP contribution in [-0.2, 0) is 0 Å². The summed E-state index contributed by atoms with van der Waals surface area (Å²) >= 11 is 2.28. The first-order valence-corrected chi connectivity index (χ1v) is 6.76. The Kier molecular flexibility index (Phi) is 3.15. The molecule has 3 rings (SSSR count). The van der Waals surface area contributed by atoms with Crippen molar-refractivity contribution in [2.45, 2.75) is 0 Å². The van der Waals surface area contributed by atoms with Crippen LogP contribution in [0.15, 0.2) is 67.1 Å². The molecule has 0 amide bonds. The number of aromatic nitrogens is 2. The normalized spacial score (nSPS) is 10.5. The van der Waals surface area contributed by atoms with E-state index in [9.17, 15) is 0 Å². The van der Waals surface area contributed by atoms with Crippen LogP contribution in [0.25, 0.3) is 16.8 Å². The summed E-state index contributed by atoms with van der Waals surface area (Å²) in [7, 11) is 0. The van der Waals surface area contributed by atoms with Crippen molar-refractivity contribution in [3.05, 3.63) is 70.8 Å². The van der Waals surface area contributed by atoms with E-state index in [1.807, 2.05) is 18.6 Å². The molecule has 3 aromatic rings. The molecule has 0 aliphatic rings. The minimum atomic E-state index is 1.11. The molecule has 0 atom stereocenters. The van der Waals surface area contributed by atoms with Crippen molar-refractivity contribution in [2.75, 3.05) is 0 Å². The molecule has 0 aliphatic heterocycles. The lowest BCUT2D eigenvalue weighted by Crippen LogP contribution is -1.93. The van der Waals surface area contributed by atoms with E-state index < -0.39 is 0 Å². The SMILES string of the molecule is Ic1cncn1-c1ccc(-c2ccccc2)cc1. The zero-order valence-corrected chi connectivity index (χ0v) is 11.8. The first kappa shape index (κ1) is 11.5. The zero-order valence-electron chi connectivity index (χ0n) is 9.62. The van der Waals surface area contributed by atoms with Gasteiger partial charge in [-0.25, -0.2) is 4.98 Å². The molecule has 0 radical (unpaired) electrons. The summed E-state index contributed by atoms with van der Waals surface area (Å²) in [4.78, 5) is 4.13. The van der Waals surface area contributed by atoms with Gasteiger partial charge in [-0.15, -0.1) is 0 Å². The Hall–Kier alpha value is -1.62. The van der Waals surface area contributed by atoms with Crippen LogP contribution in [0.5, 0.6) is 0 Å². The van der Waals surface area contributed by atoms with Crippen LogP contribution < -0.4 is 0 Å². The fourth-order valence-corrected chi connectivity index (χ4v) is 2.48. The molecule has 0 spiro atoms. The Morgan fingerprint density at radius 1 is 0.833 bits per heavy atom. The van der Waals surface area contributed by atoms with Gasteiger partial charge in [-0.1, -0.05) is 42.5 Å². The minimum absolute atomic E-state index is 1.11. The molecule has 0 saturated heterocycles. The van der Waals surface area contributed by atoms with Crippen LogP contribution in [0, 0.1) is 3.70 Å². The molecule has 2 aromatic carbocycles. The van der Waals surface area contributed by atoms with Crippen molar-refractivity contribution in [3.63, 3.8) is 0 Å². The molecule has 2 nitrogen and oxygen atoms in total. The third kappa shape index (κ3) is 2.18. The van der Waals surface area contributed by atoms with Crippen LogP contribution in [0.3, 0.4) is 0 Å². The van der Waals surface area contributed by atoms with Gasteiger partial charge in [-0.3, -0.25) is 4.57 Å².